The van der Waals surface area contributed by atoms with Crippen molar-refractivity contribution in [1.29, 1.82) is 0 Å². The second-order valence-corrected chi connectivity index (χ2v) is 26.0. The molecule has 0 spiro atoms. The maximum absolute atomic E-state index is 14.3. The van der Waals surface area contributed by atoms with Crippen LogP contribution in [0.15, 0.2) is 29.3 Å². The van der Waals surface area contributed by atoms with Crippen LogP contribution in [0.2, 0.25) is 0 Å². The van der Waals surface area contributed by atoms with Crippen molar-refractivity contribution in [1.82, 2.24) is 69.1 Å². The van der Waals surface area contributed by atoms with Gasteiger partial charge in [-0.2, -0.15) is 11.8 Å². The van der Waals surface area contributed by atoms with Gasteiger partial charge in [0.05, 0.1) is 32.2 Å². The fourth-order valence-electron chi connectivity index (χ4n) is 9.52. The molecular weight excluding hydrogens is 1450 g/mol. The summed E-state index contributed by atoms with van der Waals surface area (Å²) < 4.78 is 0. The predicted octanol–water partition coefficient (Wildman–Crippen LogP) is -10.1. The summed E-state index contributed by atoms with van der Waals surface area (Å²) in [6.45, 7) is 2.54. The zero-order chi connectivity index (χ0) is 82.1. The third kappa shape index (κ3) is 39.0. The topological polar surface area (TPSA) is 750 Å². The van der Waals surface area contributed by atoms with E-state index in [4.69, 9.17) is 34.4 Å². The lowest BCUT2D eigenvalue weighted by Gasteiger charge is -2.28. The number of thioether (sulfide) groups is 1. The normalized spacial score (nSPS) is 14.2. The summed E-state index contributed by atoms with van der Waals surface area (Å²) in [4.78, 5) is 252. The number of aromatic hydroxyl groups is 1. The highest BCUT2D eigenvalue weighted by Crippen LogP contribution is 2.15. The lowest BCUT2D eigenvalue weighted by molar-refractivity contribution is -0.142. The van der Waals surface area contributed by atoms with Gasteiger partial charge in [0.25, 0.3) is 0 Å². The van der Waals surface area contributed by atoms with Gasteiger partial charge in [-0.15, -0.1) is 0 Å². The Bertz CT molecular complexity index is 3380. The quantitative estimate of drug-likeness (QED) is 0.0164. The Kier molecular flexibility index (Phi) is 43.1. The number of carbonyl (C=O) groups is 19. The number of aliphatic imine (C=N–C) groups is 1. The number of carboxylic acids is 3. The molecule has 0 aliphatic rings. The van der Waals surface area contributed by atoms with Crippen LogP contribution in [-0.4, -0.2) is 255 Å². The molecule has 0 saturated carbocycles. The number of rotatable bonds is 53. The highest BCUT2D eigenvalue weighted by atomic mass is 32.2. The third-order valence-corrected chi connectivity index (χ3v) is 15.9. The maximum atomic E-state index is 14.3. The number of aliphatic carboxylic acids is 3. The number of nitrogens with zero attached hydrogens (tertiary/aromatic N) is 1. The monoisotopic (exact) mass is 1550 g/mol. The number of aliphatic hydroxyl groups excluding tert-OH is 1. The number of nitrogens with one attached hydrogen (secondary N) is 13. The number of nitrogens with two attached hydrogens (primary N) is 6. The van der Waals surface area contributed by atoms with Crippen LogP contribution in [0, 0.1) is 5.92 Å². The molecule has 0 fully saturated rings. The molecule has 0 aromatic heterocycles. The second kappa shape index (κ2) is 49.3. The van der Waals surface area contributed by atoms with Crippen molar-refractivity contribution in [3.05, 3.63) is 29.8 Å². The smallest absolute Gasteiger partial charge is 0.326 e. The Balaban J connectivity index is 3.56. The summed E-state index contributed by atoms with van der Waals surface area (Å²) in [7, 11) is 0. The van der Waals surface area contributed by atoms with E-state index in [-0.39, 0.29) is 49.5 Å². The van der Waals surface area contributed by atoms with Crippen molar-refractivity contribution in [3.63, 3.8) is 0 Å². The van der Waals surface area contributed by atoms with Crippen LogP contribution in [-0.2, 0) is 97.5 Å². The fraction of sp³-hybridized carbons (Fsp3) is 0.587. The number of carboxylic acid groups (broad SMARTS) is 3. The highest BCUT2D eigenvalue weighted by molar-refractivity contribution is 7.98. The van der Waals surface area contributed by atoms with E-state index >= 15 is 0 Å². The van der Waals surface area contributed by atoms with E-state index < -0.39 is 275 Å². The largest absolute Gasteiger partial charge is 0.508 e. The number of phenolic OH excluding ortho intramolecular Hbond substituents is 1. The average molecular weight is 1550 g/mol. The number of amides is 16. The number of primary amides is 3. The van der Waals surface area contributed by atoms with E-state index in [1.165, 1.54) is 49.9 Å². The molecule has 1 aromatic rings. The zero-order valence-electron chi connectivity index (χ0n) is 60.1. The van der Waals surface area contributed by atoms with E-state index in [9.17, 15) is 117 Å². The molecule has 44 nitrogen and oxygen atoms in total. The molecule has 0 bridgehead atoms. The zero-order valence-corrected chi connectivity index (χ0v) is 60.9. The van der Waals surface area contributed by atoms with Crippen LogP contribution in [0.5, 0.6) is 5.75 Å². The summed E-state index contributed by atoms with van der Waals surface area (Å²) in [5, 5.41) is 78.8. The van der Waals surface area contributed by atoms with Gasteiger partial charge in [-0.25, -0.2) is 4.79 Å². The Hall–Kier alpha value is -11.5. The number of benzene rings is 1. The van der Waals surface area contributed by atoms with Gasteiger partial charge in [0.2, 0.25) is 94.5 Å². The average Bonchev–Trinajstić information content (AvgIpc) is 0.859. The van der Waals surface area contributed by atoms with Crippen LogP contribution < -0.4 is 104 Å². The van der Waals surface area contributed by atoms with Gasteiger partial charge in [0.1, 0.15) is 72.2 Å². The summed E-state index contributed by atoms with van der Waals surface area (Å²) in [5.41, 5.74) is 32.8. The number of phenols is 1. The molecule has 108 heavy (non-hydrogen) atoms. The minimum absolute atomic E-state index is 0.0471. The second-order valence-electron chi connectivity index (χ2n) is 25.0. The molecule has 1 aromatic carbocycles. The van der Waals surface area contributed by atoms with E-state index in [0.29, 0.717) is 5.75 Å². The Morgan fingerprint density at radius 3 is 1.24 bits per heavy atom. The molecule has 45 heteroatoms. The SMILES string of the molecule is CSCC[C@H](NC(=O)[C@H](CCC(N)=O)NC(=O)[C@H](Cc1ccc(O)cc1)NC(=O)[C@H](CCC(N)=O)NC(=O)CNC(=O)[C@H](CC(=O)O)NC(=O)[C@H](CO)NC(=O)[C@H](CCC(N)=O)NC(=O)[C@H](CCCN=C(N)N)NC(=O)[C@H](CC(C)C)NC(=O)[C@H](CCC(=O)O)NC(=O)CNC(=O)[C@H](C)NC(=O)[C@H](C)N)C(=O)O. The van der Waals surface area contributed by atoms with Crippen LogP contribution in [0.3, 0.4) is 0 Å². The molecule has 0 aliphatic heterocycles. The van der Waals surface area contributed by atoms with Gasteiger partial charge >= 0.3 is 17.9 Å². The first-order valence-electron chi connectivity index (χ1n) is 33.6. The highest BCUT2D eigenvalue weighted by Gasteiger charge is 2.37. The minimum Gasteiger partial charge on any atom is -0.508 e. The van der Waals surface area contributed by atoms with E-state index in [0.717, 1.165) is 0 Å². The van der Waals surface area contributed by atoms with Gasteiger partial charge in [0, 0.05) is 38.6 Å². The molecule has 0 unspecified atom stereocenters. The van der Waals surface area contributed by atoms with Gasteiger partial charge in [-0.05, 0) is 101 Å². The Morgan fingerprint density at radius 1 is 0.435 bits per heavy atom. The molecule has 0 saturated heterocycles. The van der Waals surface area contributed by atoms with Gasteiger partial charge in [-0.1, -0.05) is 26.0 Å². The van der Waals surface area contributed by atoms with Crippen molar-refractivity contribution in [2.24, 2.45) is 45.3 Å². The van der Waals surface area contributed by atoms with Gasteiger partial charge in [0.15, 0.2) is 5.96 Å². The summed E-state index contributed by atoms with van der Waals surface area (Å²) in [6, 6.07) is -14.6. The molecule has 0 radical (unpaired) electrons. The number of aliphatic hydroxyl groups is 1. The summed E-state index contributed by atoms with van der Waals surface area (Å²) >= 11 is 1.28. The number of hydrogen-bond acceptors (Lipinski definition) is 24. The molecule has 0 aliphatic carbocycles. The first-order chi connectivity index (χ1) is 50.6. The fourth-order valence-corrected chi connectivity index (χ4v) is 9.99. The number of guanidine groups is 1. The maximum Gasteiger partial charge on any atom is 0.326 e. The molecule has 30 N–H and O–H groups in total. The standard InChI is InChI=1S/C63H100N20O24S/c1-29(2)23-40(80-56(100)36(15-19-49(91)92)75-47(89)26-71-52(96)31(4)73-51(95)30(3)64)59(103)76-34(7-6-21-70-63(68)69)54(98)77-38(14-18-46(67)88)58(102)83-43(28-84)61(105)82-42(25-50(93)94)53(97)72-27-48(90)74-35(12-16-44(65)86)55(99)81-41(24-32-8-10-33(85)11-9-32)60(104)78-37(13-17-45(66)87)57(101)79-39(62(106)107)20-22-108-5/h8-11,29-31,34-43,84-85H,6-7,12-28,64H2,1-5H3,(H2,65,86)(H2,66,87)(H2,67,88)(H,71,96)(H,72,97)(H,73,95)(H,74,90)(H,75,89)(H,76,103)(H,77,98)(H,78,104)(H,79,101)(H,80,100)(H,81,99)(H,82,105)(H,83,102)(H,91,92)(H,93,94)(H,106,107)(H4,68,69,70)/t30-,31-,34-,35-,36-,37-,38-,39-,40-,41-,42-,43-/m0/s1. The molecule has 1 rings (SSSR count). The van der Waals surface area contributed by atoms with Crippen molar-refractivity contribution < 1.29 is 117 Å². The number of carbonyl (C=O) groups excluding carboxylic acids is 16. The van der Waals surface area contributed by atoms with Crippen LogP contribution >= 0.6 is 11.8 Å². The minimum atomic E-state index is -2.15. The van der Waals surface area contributed by atoms with Crippen molar-refractivity contribution >= 4 is 130 Å². The van der Waals surface area contributed by atoms with Crippen LogP contribution in [0.1, 0.15) is 117 Å². The van der Waals surface area contributed by atoms with Crippen molar-refractivity contribution in [2.75, 3.05) is 38.2 Å². The molecule has 602 valence electrons. The first kappa shape index (κ1) is 94.5. The predicted molar refractivity (Wildman–Crippen MR) is 380 cm³/mol. The van der Waals surface area contributed by atoms with Crippen LogP contribution in [0.25, 0.3) is 0 Å². The lowest BCUT2D eigenvalue weighted by Crippen LogP contribution is -2.60. The van der Waals surface area contributed by atoms with E-state index in [1.807, 2.05) is 10.6 Å². The van der Waals surface area contributed by atoms with Gasteiger partial charge < -0.3 is 129 Å². The molecular formula is C63H100N20O24S. The van der Waals surface area contributed by atoms with Gasteiger partial charge in [-0.3, -0.25) is 91.3 Å². The van der Waals surface area contributed by atoms with Crippen molar-refractivity contribution in [3.8, 4) is 5.75 Å². The molecule has 12 atom stereocenters. The Morgan fingerprint density at radius 2 is 0.824 bits per heavy atom. The Labute approximate surface area is 622 Å². The van der Waals surface area contributed by atoms with E-state index in [1.54, 1.807) is 20.1 Å². The third-order valence-electron chi connectivity index (χ3n) is 15.2. The number of hydrogen-bond donors (Lipinski definition) is 24. The van der Waals surface area contributed by atoms with Crippen LogP contribution in [0.4, 0.5) is 0 Å². The van der Waals surface area contributed by atoms with Crippen molar-refractivity contribution in [2.45, 2.75) is 190 Å². The lowest BCUT2D eigenvalue weighted by atomic mass is 10.0. The first-order valence-corrected chi connectivity index (χ1v) is 35.0. The molecule has 16 amide bonds. The summed E-state index contributed by atoms with van der Waals surface area (Å²) in [6.07, 6.45) is -5.29. The summed E-state index contributed by atoms with van der Waals surface area (Å²) in [5.74, 6) is -22.9. The molecule has 0 heterocycles. The van der Waals surface area contributed by atoms with E-state index in [2.05, 4.69) is 63.5 Å².